The molecule has 0 aliphatic rings. The molecule has 2 N–H and O–H groups in total. The van der Waals surface area contributed by atoms with Gasteiger partial charge in [0.15, 0.2) is 0 Å². The first-order valence-corrected chi connectivity index (χ1v) is 5.58. The average Bonchev–Trinajstić information content (AvgIpc) is 2.19. The standard InChI is InChI=1S/C12H14ClNO3/c1-8(15)14-11(7-12(16)17)6-9-2-4-10(13)5-3-9/h2-5,11H,6-7H2,1H3,(H,14,15)(H,16,17)/t11-/m0/s1. The fraction of sp³-hybridized carbons (Fsp3) is 0.333. The van der Waals surface area contributed by atoms with Gasteiger partial charge in [0.1, 0.15) is 0 Å². The van der Waals surface area contributed by atoms with Crippen molar-refractivity contribution in [3.8, 4) is 0 Å². The van der Waals surface area contributed by atoms with E-state index in [0.29, 0.717) is 11.4 Å². The fourth-order valence-electron chi connectivity index (χ4n) is 1.58. The molecule has 0 heterocycles. The molecule has 0 aliphatic carbocycles. The van der Waals surface area contributed by atoms with Crippen molar-refractivity contribution in [2.45, 2.75) is 25.8 Å². The van der Waals surface area contributed by atoms with Crippen LogP contribution >= 0.6 is 11.6 Å². The van der Waals surface area contributed by atoms with Crippen molar-refractivity contribution in [2.24, 2.45) is 0 Å². The monoisotopic (exact) mass is 255 g/mol. The number of carboxylic acid groups (broad SMARTS) is 1. The molecule has 0 saturated heterocycles. The van der Waals surface area contributed by atoms with Crippen molar-refractivity contribution in [3.05, 3.63) is 34.9 Å². The van der Waals surface area contributed by atoms with Crippen molar-refractivity contribution in [2.75, 3.05) is 0 Å². The molecule has 4 nitrogen and oxygen atoms in total. The van der Waals surface area contributed by atoms with E-state index in [1.54, 1.807) is 12.1 Å². The maximum absolute atomic E-state index is 11.0. The highest BCUT2D eigenvalue weighted by atomic mass is 35.5. The van der Waals surface area contributed by atoms with Crippen molar-refractivity contribution in [3.63, 3.8) is 0 Å². The smallest absolute Gasteiger partial charge is 0.305 e. The lowest BCUT2D eigenvalue weighted by molar-refractivity contribution is -0.137. The van der Waals surface area contributed by atoms with Gasteiger partial charge in [-0.05, 0) is 24.1 Å². The Kier molecular flexibility index (Phi) is 4.97. The first-order valence-electron chi connectivity index (χ1n) is 5.20. The number of amides is 1. The second-order valence-corrected chi connectivity index (χ2v) is 4.26. The Labute approximate surface area is 105 Å². The van der Waals surface area contributed by atoms with Gasteiger partial charge in [-0.3, -0.25) is 9.59 Å². The van der Waals surface area contributed by atoms with E-state index < -0.39 is 12.0 Å². The van der Waals surface area contributed by atoms with Crippen LogP contribution in [-0.4, -0.2) is 23.0 Å². The van der Waals surface area contributed by atoms with E-state index in [-0.39, 0.29) is 12.3 Å². The summed E-state index contributed by atoms with van der Waals surface area (Å²) >= 11 is 5.75. The normalized spacial score (nSPS) is 11.9. The molecule has 92 valence electrons. The quantitative estimate of drug-likeness (QED) is 0.844. The Morgan fingerprint density at radius 2 is 1.94 bits per heavy atom. The zero-order valence-corrected chi connectivity index (χ0v) is 10.2. The number of carbonyl (C=O) groups excluding carboxylic acids is 1. The van der Waals surface area contributed by atoms with Crippen LogP contribution in [0.4, 0.5) is 0 Å². The molecule has 0 spiro atoms. The van der Waals surface area contributed by atoms with Gasteiger partial charge >= 0.3 is 5.97 Å². The van der Waals surface area contributed by atoms with E-state index in [4.69, 9.17) is 16.7 Å². The highest BCUT2D eigenvalue weighted by Gasteiger charge is 2.14. The number of carbonyl (C=O) groups is 2. The van der Waals surface area contributed by atoms with Crippen molar-refractivity contribution >= 4 is 23.5 Å². The fourth-order valence-corrected chi connectivity index (χ4v) is 1.70. The largest absolute Gasteiger partial charge is 0.481 e. The molecule has 1 aromatic carbocycles. The molecule has 0 bridgehead atoms. The Morgan fingerprint density at radius 1 is 1.35 bits per heavy atom. The molecule has 1 amide bonds. The summed E-state index contributed by atoms with van der Waals surface area (Å²) in [7, 11) is 0. The van der Waals surface area contributed by atoms with Crippen LogP contribution < -0.4 is 5.32 Å². The van der Waals surface area contributed by atoms with Crippen molar-refractivity contribution in [1.82, 2.24) is 5.32 Å². The maximum Gasteiger partial charge on any atom is 0.305 e. The van der Waals surface area contributed by atoms with Crippen LogP contribution in [0.5, 0.6) is 0 Å². The first-order chi connectivity index (χ1) is 7.97. The van der Waals surface area contributed by atoms with E-state index in [2.05, 4.69) is 5.32 Å². The highest BCUT2D eigenvalue weighted by molar-refractivity contribution is 6.30. The van der Waals surface area contributed by atoms with Gasteiger partial charge in [-0.2, -0.15) is 0 Å². The van der Waals surface area contributed by atoms with Crippen LogP contribution in [0.1, 0.15) is 18.9 Å². The Hall–Kier alpha value is -1.55. The second kappa shape index (κ2) is 6.25. The van der Waals surface area contributed by atoms with Gasteiger partial charge in [0.05, 0.1) is 6.42 Å². The molecule has 1 rings (SSSR count). The van der Waals surface area contributed by atoms with Crippen LogP contribution in [0.15, 0.2) is 24.3 Å². The van der Waals surface area contributed by atoms with E-state index in [1.165, 1.54) is 6.92 Å². The zero-order valence-electron chi connectivity index (χ0n) is 9.44. The molecule has 0 radical (unpaired) electrons. The van der Waals surface area contributed by atoms with E-state index in [1.807, 2.05) is 12.1 Å². The molecule has 1 aromatic rings. The average molecular weight is 256 g/mol. The Balaban J connectivity index is 2.67. The Morgan fingerprint density at radius 3 is 2.41 bits per heavy atom. The number of carboxylic acids is 1. The van der Waals surface area contributed by atoms with Crippen LogP contribution in [-0.2, 0) is 16.0 Å². The van der Waals surface area contributed by atoms with E-state index in [9.17, 15) is 9.59 Å². The molecule has 5 heteroatoms. The summed E-state index contributed by atoms with van der Waals surface area (Å²) in [6.45, 7) is 1.37. The molecule has 0 aromatic heterocycles. The number of rotatable bonds is 5. The molecule has 0 unspecified atom stereocenters. The van der Waals surface area contributed by atoms with E-state index in [0.717, 1.165) is 5.56 Å². The van der Waals surface area contributed by atoms with Crippen molar-refractivity contribution in [1.29, 1.82) is 0 Å². The van der Waals surface area contributed by atoms with Crippen LogP contribution in [0.2, 0.25) is 5.02 Å². The minimum atomic E-state index is -0.933. The van der Waals surface area contributed by atoms with Gasteiger partial charge in [0.2, 0.25) is 5.91 Å². The lowest BCUT2D eigenvalue weighted by Gasteiger charge is -2.15. The van der Waals surface area contributed by atoms with Gasteiger partial charge in [0.25, 0.3) is 0 Å². The summed E-state index contributed by atoms with van der Waals surface area (Å²) in [6.07, 6.45) is 0.380. The number of hydrogen-bond acceptors (Lipinski definition) is 2. The third kappa shape index (κ3) is 5.36. The van der Waals surface area contributed by atoms with Gasteiger partial charge < -0.3 is 10.4 Å². The number of hydrogen-bond donors (Lipinski definition) is 2. The maximum atomic E-state index is 11.0. The first kappa shape index (κ1) is 13.5. The zero-order chi connectivity index (χ0) is 12.8. The lowest BCUT2D eigenvalue weighted by atomic mass is 10.0. The third-order valence-corrected chi connectivity index (χ3v) is 2.48. The van der Waals surface area contributed by atoms with Crippen LogP contribution in [0.25, 0.3) is 0 Å². The molecule has 17 heavy (non-hydrogen) atoms. The SMILES string of the molecule is CC(=O)N[C@H](CC(=O)O)Cc1ccc(Cl)cc1. The molecular weight excluding hydrogens is 242 g/mol. The van der Waals surface area contributed by atoms with Crippen molar-refractivity contribution < 1.29 is 14.7 Å². The molecule has 1 atom stereocenters. The van der Waals surface area contributed by atoms with Gasteiger partial charge in [-0.25, -0.2) is 0 Å². The number of benzene rings is 1. The Bertz CT molecular complexity index is 387. The summed E-state index contributed by atoms with van der Waals surface area (Å²) in [5.41, 5.74) is 0.939. The summed E-state index contributed by atoms with van der Waals surface area (Å²) in [6, 6.07) is 6.72. The summed E-state index contributed by atoms with van der Waals surface area (Å²) in [5.74, 6) is -1.16. The van der Waals surface area contributed by atoms with E-state index >= 15 is 0 Å². The third-order valence-electron chi connectivity index (χ3n) is 2.22. The summed E-state index contributed by atoms with van der Waals surface area (Å²) < 4.78 is 0. The summed E-state index contributed by atoms with van der Waals surface area (Å²) in [4.78, 5) is 21.6. The number of halogens is 1. The molecule has 0 fully saturated rings. The molecule has 0 saturated carbocycles. The predicted octanol–water partition coefficient (Wildman–Crippen LogP) is 1.86. The highest BCUT2D eigenvalue weighted by Crippen LogP contribution is 2.12. The van der Waals surface area contributed by atoms with Gasteiger partial charge in [-0.1, -0.05) is 23.7 Å². The predicted molar refractivity (Wildman–Crippen MR) is 65.0 cm³/mol. The minimum Gasteiger partial charge on any atom is -0.481 e. The lowest BCUT2D eigenvalue weighted by Crippen LogP contribution is -2.36. The topological polar surface area (TPSA) is 66.4 Å². The van der Waals surface area contributed by atoms with Gasteiger partial charge in [-0.15, -0.1) is 0 Å². The second-order valence-electron chi connectivity index (χ2n) is 3.83. The molecule has 0 aliphatic heterocycles. The number of aliphatic carboxylic acids is 1. The van der Waals surface area contributed by atoms with Gasteiger partial charge in [0, 0.05) is 18.0 Å². The minimum absolute atomic E-state index is 0.0950. The van der Waals surface area contributed by atoms with Crippen LogP contribution in [0.3, 0.4) is 0 Å². The number of nitrogens with one attached hydrogen (secondary N) is 1. The molecular formula is C12H14ClNO3. The van der Waals surface area contributed by atoms with Crippen LogP contribution in [0, 0.1) is 0 Å². The summed E-state index contributed by atoms with van der Waals surface area (Å²) in [5, 5.41) is 12.0.